The van der Waals surface area contributed by atoms with E-state index in [9.17, 15) is 0 Å². The maximum absolute atomic E-state index is 5.97. The van der Waals surface area contributed by atoms with Crippen molar-refractivity contribution in [2.24, 2.45) is 0 Å². The predicted octanol–water partition coefficient (Wildman–Crippen LogP) is 3.65. The number of piperidine rings is 1. The molecule has 0 aliphatic carbocycles. The second-order valence-electron chi connectivity index (χ2n) is 4.53. The van der Waals surface area contributed by atoms with Crippen LogP contribution in [0.25, 0.3) is 0 Å². The lowest BCUT2D eigenvalue weighted by Gasteiger charge is -2.23. The summed E-state index contributed by atoms with van der Waals surface area (Å²) in [6.45, 7) is 3.01. The number of hydrogen-bond acceptors (Lipinski definition) is 2. The Balaban J connectivity index is 0.00000162. The molecule has 2 N–H and O–H groups in total. The summed E-state index contributed by atoms with van der Waals surface area (Å²) in [6.07, 6.45) is 3.92. The maximum atomic E-state index is 5.97. The average Bonchev–Trinajstić information content (AvgIpc) is 2.35. The van der Waals surface area contributed by atoms with E-state index in [0.29, 0.717) is 16.1 Å². The molecule has 0 spiro atoms. The van der Waals surface area contributed by atoms with Crippen molar-refractivity contribution in [1.82, 2.24) is 10.6 Å². The molecule has 1 aromatic carbocycles. The highest BCUT2D eigenvalue weighted by Crippen LogP contribution is 2.22. The molecular formula is C13H19Cl3N2. The molecule has 2 rings (SSSR count). The third kappa shape index (κ3) is 4.94. The molecule has 1 fully saturated rings. The van der Waals surface area contributed by atoms with E-state index in [4.69, 9.17) is 23.2 Å². The van der Waals surface area contributed by atoms with Crippen LogP contribution < -0.4 is 10.6 Å². The molecule has 102 valence electrons. The fraction of sp³-hybridized carbons (Fsp3) is 0.538. The predicted molar refractivity (Wildman–Crippen MR) is 81.1 cm³/mol. The van der Waals surface area contributed by atoms with E-state index >= 15 is 0 Å². The molecular weight excluding hydrogens is 291 g/mol. The Morgan fingerprint density at radius 1 is 1.22 bits per heavy atom. The van der Waals surface area contributed by atoms with Crippen molar-refractivity contribution in [3.05, 3.63) is 33.8 Å². The Kier molecular flexibility index (Phi) is 7.35. The molecule has 0 radical (unpaired) electrons. The molecule has 0 amide bonds. The lowest BCUT2D eigenvalue weighted by molar-refractivity contribution is 0.383. The molecule has 1 aromatic rings. The van der Waals surface area contributed by atoms with Crippen LogP contribution in [0.1, 0.15) is 24.8 Å². The van der Waals surface area contributed by atoms with Crippen molar-refractivity contribution in [1.29, 1.82) is 0 Å². The number of hydrogen-bond donors (Lipinski definition) is 2. The van der Waals surface area contributed by atoms with Crippen LogP contribution >= 0.6 is 35.6 Å². The van der Waals surface area contributed by atoms with Gasteiger partial charge >= 0.3 is 0 Å². The lowest BCUT2D eigenvalue weighted by Crippen LogP contribution is -2.41. The Bertz CT molecular complexity index is 365. The number of rotatable bonds is 4. The van der Waals surface area contributed by atoms with E-state index in [1.54, 1.807) is 0 Å². The van der Waals surface area contributed by atoms with Gasteiger partial charge in [0.25, 0.3) is 0 Å². The molecule has 1 aliphatic heterocycles. The molecule has 1 aliphatic rings. The summed E-state index contributed by atoms with van der Waals surface area (Å²) in [5, 5.41) is 8.21. The van der Waals surface area contributed by atoms with Crippen molar-refractivity contribution >= 4 is 35.6 Å². The van der Waals surface area contributed by atoms with E-state index in [1.165, 1.54) is 24.8 Å². The van der Waals surface area contributed by atoms with Crippen LogP contribution in [-0.2, 0) is 6.54 Å². The maximum Gasteiger partial charge on any atom is 0.0595 e. The highest BCUT2D eigenvalue weighted by molar-refractivity contribution is 6.42. The first-order chi connectivity index (χ1) is 8.25. The third-order valence-electron chi connectivity index (χ3n) is 3.12. The molecule has 18 heavy (non-hydrogen) atoms. The molecule has 1 heterocycles. The van der Waals surface area contributed by atoms with E-state index in [-0.39, 0.29) is 12.4 Å². The van der Waals surface area contributed by atoms with Crippen LogP contribution in [0, 0.1) is 0 Å². The molecule has 1 saturated heterocycles. The summed E-state index contributed by atoms with van der Waals surface area (Å²) in [5.74, 6) is 0. The summed E-state index contributed by atoms with van der Waals surface area (Å²) >= 11 is 11.8. The molecule has 0 aromatic heterocycles. The van der Waals surface area contributed by atoms with Gasteiger partial charge in [-0.1, -0.05) is 35.7 Å². The first-order valence-corrected chi connectivity index (χ1v) is 6.89. The minimum atomic E-state index is 0. The van der Waals surface area contributed by atoms with Crippen molar-refractivity contribution in [2.45, 2.75) is 31.8 Å². The zero-order valence-electron chi connectivity index (χ0n) is 10.2. The van der Waals surface area contributed by atoms with Gasteiger partial charge < -0.3 is 10.6 Å². The van der Waals surface area contributed by atoms with Crippen molar-refractivity contribution in [2.75, 3.05) is 13.1 Å². The average molecular weight is 310 g/mol. The normalized spacial score (nSPS) is 19.3. The minimum Gasteiger partial charge on any atom is -0.313 e. The van der Waals surface area contributed by atoms with E-state index in [1.807, 2.05) is 18.2 Å². The number of nitrogens with one attached hydrogen (secondary N) is 2. The highest BCUT2D eigenvalue weighted by atomic mass is 35.5. The van der Waals surface area contributed by atoms with E-state index in [0.717, 1.165) is 19.6 Å². The molecule has 1 atom stereocenters. The Morgan fingerprint density at radius 3 is 2.72 bits per heavy atom. The van der Waals surface area contributed by atoms with Crippen LogP contribution in [0.3, 0.4) is 0 Å². The fourth-order valence-electron chi connectivity index (χ4n) is 2.14. The van der Waals surface area contributed by atoms with Crippen LogP contribution in [0.2, 0.25) is 10.0 Å². The molecule has 0 bridgehead atoms. The standard InChI is InChI=1S/C13H18Cl2N2.ClH/c14-12-5-4-10(7-13(12)15)8-16-9-11-3-1-2-6-17-11;/h4-5,7,11,16-17H,1-3,6,8-9H2;1H. The fourth-order valence-corrected chi connectivity index (χ4v) is 2.46. The third-order valence-corrected chi connectivity index (χ3v) is 3.86. The van der Waals surface area contributed by atoms with Crippen molar-refractivity contribution < 1.29 is 0 Å². The van der Waals surface area contributed by atoms with Gasteiger partial charge in [-0.3, -0.25) is 0 Å². The largest absolute Gasteiger partial charge is 0.313 e. The van der Waals surface area contributed by atoms with Gasteiger partial charge in [0.05, 0.1) is 10.0 Å². The van der Waals surface area contributed by atoms with Crippen molar-refractivity contribution in [3.8, 4) is 0 Å². The second-order valence-corrected chi connectivity index (χ2v) is 5.34. The first-order valence-electron chi connectivity index (χ1n) is 6.14. The van der Waals surface area contributed by atoms with Gasteiger partial charge in [-0.2, -0.15) is 0 Å². The Hall–Kier alpha value is 0.01000. The van der Waals surface area contributed by atoms with E-state index < -0.39 is 0 Å². The number of halogens is 3. The van der Waals surface area contributed by atoms with Gasteiger partial charge in [0, 0.05) is 19.1 Å². The number of benzene rings is 1. The zero-order chi connectivity index (χ0) is 12.1. The lowest BCUT2D eigenvalue weighted by atomic mass is 10.1. The monoisotopic (exact) mass is 308 g/mol. The highest BCUT2D eigenvalue weighted by Gasteiger charge is 2.11. The SMILES string of the molecule is Cl.Clc1ccc(CNCC2CCCCN2)cc1Cl. The molecule has 5 heteroatoms. The second kappa shape index (κ2) is 8.23. The molecule has 2 nitrogen and oxygen atoms in total. The van der Waals surface area contributed by atoms with Crippen LogP contribution in [0.4, 0.5) is 0 Å². The van der Waals surface area contributed by atoms with Gasteiger partial charge in [0.1, 0.15) is 0 Å². The van der Waals surface area contributed by atoms with Crippen LogP contribution in [-0.4, -0.2) is 19.1 Å². The summed E-state index contributed by atoms with van der Waals surface area (Å²) in [7, 11) is 0. The molecule has 1 unspecified atom stereocenters. The van der Waals surface area contributed by atoms with Crippen molar-refractivity contribution in [3.63, 3.8) is 0 Å². The van der Waals surface area contributed by atoms with Crippen LogP contribution in [0.15, 0.2) is 18.2 Å². The minimum absolute atomic E-state index is 0. The summed E-state index contributed by atoms with van der Waals surface area (Å²) in [6, 6.07) is 6.40. The zero-order valence-corrected chi connectivity index (χ0v) is 12.5. The van der Waals surface area contributed by atoms with Gasteiger partial charge in [0.2, 0.25) is 0 Å². The summed E-state index contributed by atoms with van der Waals surface area (Å²) in [4.78, 5) is 0. The quantitative estimate of drug-likeness (QED) is 0.887. The first kappa shape index (κ1) is 16.1. The van der Waals surface area contributed by atoms with Gasteiger partial charge in [-0.05, 0) is 37.1 Å². The topological polar surface area (TPSA) is 24.1 Å². The summed E-state index contributed by atoms with van der Waals surface area (Å²) < 4.78 is 0. The van der Waals surface area contributed by atoms with Gasteiger partial charge in [0.15, 0.2) is 0 Å². The Morgan fingerprint density at radius 2 is 2.06 bits per heavy atom. The van der Waals surface area contributed by atoms with Crippen LogP contribution in [0.5, 0.6) is 0 Å². The van der Waals surface area contributed by atoms with Gasteiger partial charge in [-0.25, -0.2) is 0 Å². The Labute approximate surface area is 125 Å². The summed E-state index contributed by atoms with van der Waals surface area (Å²) in [5.41, 5.74) is 1.18. The molecule has 0 saturated carbocycles. The smallest absolute Gasteiger partial charge is 0.0595 e. The van der Waals surface area contributed by atoms with Gasteiger partial charge in [-0.15, -0.1) is 12.4 Å². The van der Waals surface area contributed by atoms with E-state index in [2.05, 4.69) is 10.6 Å².